The molecule has 0 aliphatic heterocycles. The second-order valence-electron chi connectivity index (χ2n) is 8.18. The molecule has 4 aromatic carbocycles. The van der Waals surface area contributed by atoms with Crippen molar-refractivity contribution in [1.82, 2.24) is 0 Å². The Morgan fingerprint density at radius 2 is 1.60 bits per heavy atom. The van der Waals surface area contributed by atoms with Crippen molar-refractivity contribution in [3.05, 3.63) is 127 Å². The maximum absolute atomic E-state index is 11.6. The van der Waals surface area contributed by atoms with Crippen LogP contribution in [0.3, 0.4) is 0 Å². The van der Waals surface area contributed by atoms with E-state index in [1.807, 2.05) is 42.5 Å². The summed E-state index contributed by atoms with van der Waals surface area (Å²) in [6.07, 6.45) is 3.72. The van der Waals surface area contributed by atoms with Crippen LogP contribution in [0, 0.1) is 20.2 Å². The lowest BCUT2D eigenvalue weighted by Gasteiger charge is -2.21. The zero-order valence-corrected chi connectivity index (χ0v) is 18.5. The van der Waals surface area contributed by atoms with Gasteiger partial charge in [0.05, 0.1) is 21.6 Å². The van der Waals surface area contributed by atoms with Gasteiger partial charge in [-0.15, -0.1) is 0 Å². The first-order valence-corrected chi connectivity index (χ1v) is 11.0. The van der Waals surface area contributed by atoms with E-state index in [2.05, 4.69) is 40.9 Å². The van der Waals surface area contributed by atoms with Gasteiger partial charge in [-0.25, -0.2) is 0 Å². The van der Waals surface area contributed by atoms with Gasteiger partial charge in [0.2, 0.25) is 0 Å². The molecule has 0 saturated carbocycles. The fourth-order valence-corrected chi connectivity index (χ4v) is 4.36. The number of fused-ring (bicyclic) bond motifs is 2. The van der Waals surface area contributed by atoms with Gasteiger partial charge in [-0.05, 0) is 52.5 Å². The summed E-state index contributed by atoms with van der Waals surface area (Å²) in [4.78, 5) is 21.3. The number of nitrogens with zero attached hydrogens (tertiary/aromatic N) is 3. The van der Waals surface area contributed by atoms with E-state index in [0.717, 1.165) is 51.9 Å². The van der Waals surface area contributed by atoms with Crippen LogP contribution in [0.15, 0.2) is 95.6 Å². The summed E-state index contributed by atoms with van der Waals surface area (Å²) >= 11 is 0. The normalized spacial score (nSPS) is 15.2. The Labute approximate surface area is 200 Å². The predicted octanol–water partition coefficient (Wildman–Crippen LogP) is 6.50. The maximum atomic E-state index is 11.6. The molecule has 5 rings (SSSR count). The van der Waals surface area contributed by atoms with Gasteiger partial charge >= 0.3 is 5.69 Å². The van der Waals surface area contributed by atoms with Crippen molar-refractivity contribution in [3.8, 4) is 0 Å². The van der Waals surface area contributed by atoms with E-state index >= 15 is 0 Å². The van der Waals surface area contributed by atoms with E-state index in [-0.39, 0.29) is 11.4 Å². The van der Waals surface area contributed by atoms with Crippen molar-refractivity contribution in [3.63, 3.8) is 0 Å². The summed E-state index contributed by atoms with van der Waals surface area (Å²) in [5.41, 5.74) is 6.96. The molecule has 4 aromatic rings. The summed E-state index contributed by atoms with van der Waals surface area (Å²) in [7, 11) is 0. The van der Waals surface area contributed by atoms with Crippen LogP contribution in [0.25, 0.3) is 16.8 Å². The number of hydrogen-bond donors (Lipinski definition) is 1. The van der Waals surface area contributed by atoms with Crippen molar-refractivity contribution in [2.24, 2.45) is 5.10 Å². The third kappa shape index (κ3) is 4.37. The van der Waals surface area contributed by atoms with Crippen LogP contribution in [-0.2, 0) is 6.42 Å². The second kappa shape index (κ2) is 9.18. The van der Waals surface area contributed by atoms with E-state index < -0.39 is 15.5 Å². The van der Waals surface area contributed by atoms with Crippen molar-refractivity contribution in [2.45, 2.75) is 12.8 Å². The molecule has 172 valence electrons. The molecule has 1 aliphatic carbocycles. The SMILES string of the molecule is O=[N+]([O-])c1ccc(NN=C2/C(=C\c3cccc4ccccc34)CCc3ccccc32)c([N+](=O)[O-])c1. The number of benzene rings is 4. The number of aryl methyl sites for hydroxylation is 1. The molecule has 0 unspecified atom stereocenters. The molecule has 0 heterocycles. The standard InChI is InChI=1S/C27H20N4O4/c32-30(33)22-14-15-25(26(17-22)31(34)35)28-29-27-21(13-12-19-7-2-4-11-24(19)27)16-20-9-5-8-18-6-1-3-10-23(18)20/h1-11,14-17,28H,12-13H2/b21-16-,29-27?. The number of hydrazone groups is 1. The number of nitrogens with one attached hydrogen (secondary N) is 1. The average Bonchev–Trinajstić information content (AvgIpc) is 2.88. The van der Waals surface area contributed by atoms with Crippen molar-refractivity contribution >= 4 is 39.6 Å². The maximum Gasteiger partial charge on any atom is 0.301 e. The lowest BCUT2D eigenvalue weighted by atomic mass is 9.85. The van der Waals surface area contributed by atoms with E-state index in [1.165, 1.54) is 12.1 Å². The lowest BCUT2D eigenvalue weighted by molar-refractivity contribution is -0.393. The summed E-state index contributed by atoms with van der Waals surface area (Å²) in [6, 6.07) is 25.7. The molecule has 0 fully saturated rings. The molecular weight excluding hydrogens is 444 g/mol. The molecule has 0 bridgehead atoms. The molecule has 0 aromatic heterocycles. The van der Waals surface area contributed by atoms with Crippen LogP contribution in [0.4, 0.5) is 17.1 Å². The van der Waals surface area contributed by atoms with Gasteiger partial charge in [0.15, 0.2) is 0 Å². The van der Waals surface area contributed by atoms with Gasteiger partial charge < -0.3 is 0 Å². The summed E-state index contributed by atoms with van der Waals surface area (Å²) in [6.45, 7) is 0. The van der Waals surface area contributed by atoms with Crippen LogP contribution in [0.2, 0.25) is 0 Å². The number of anilines is 1. The third-order valence-electron chi connectivity index (χ3n) is 6.07. The van der Waals surface area contributed by atoms with Gasteiger partial charge in [-0.3, -0.25) is 25.7 Å². The molecule has 0 atom stereocenters. The van der Waals surface area contributed by atoms with Crippen LogP contribution in [-0.4, -0.2) is 15.6 Å². The number of allylic oxidation sites excluding steroid dienone is 1. The number of rotatable bonds is 5. The van der Waals surface area contributed by atoms with Crippen LogP contribution < -0.4 is 5.43 Å². The number of nitro groups is 2. The second-order valence-corrected chi connectivity index (χ2v) is 8.18. The van der Waals surface area contributed by atoms with E-state index in [1.54, 1.807) is 0 Å². The van der Waals surface area contributed by atoms with Crippen molar-refractivity contribution in [1.29, 1.82) is 0 Å². The monoisotopic (exact) mass is 464 g/mol. The molecule has 1 N–H and O–H groups in total. The van der Waals surface area contributed by atoms with E-state index in [9.17, 15) is 20.2 Å². The Bertz CT molecular complexity index is 1540. The zero-order valence-electron chi connectivity index (χ0n) is 18.5. The number of hydrogen-bond acceptors (Lipinski definition) is 6. The molecule has 1 aliphatic rings. The molecule has 35 heavy (non-hydrogen) atoms. The molecule has 8 nitrogen and oxygen atoms in total. The Hall–Kier alpha value is -4.85. The van der Waals surface area contributed by atoms with Gasteiger partial charge in [-0.2, -0.15) is 5.10 Å². The van der Waals surface area contributed by atoms with Crippen molar-refractivity contribution < 1.29 is 9.85 Å². The first kappa shape index (κ1) is 22.0. The average molecular weight is 464 g/mol. The highest BCUT2D eigenvalue weighted by atomic mass is 16.6. The Balaban J connectivity index is 1.61. The molecule has 0 saturated heterocycles. The largest absolute Gasteiger partial charge is 0.301 e. The zero-order chi connectivity index (χ0) is 24.4. The fraction of sp³-hybridized carbons (Fsp3) is 0.0741. The molecule has 0 radical (unpaired) electrons. The van der Waals surface area contributed by atoms with Gasteiger partial charge in [0.1, 0.15) is 5.69 Å². The first-order chi connectivity index (χ1) is 17.0. The van der Waals surface area contributed by atoms with Crippen LogP contribution >= 0.6 is 0 Å². The Kier molecular flexibility index (Phi) is 5.76. The lowest BCUT2D eigenvalue weighted by Crippen LogP contribution is -2.17. The highest BCUT2D eigenvalue weighted by Crippen LogP contribution is 2.32. The highest BCUT2D eigenvalue weighted by Gasteiger charge is 2.22. The van der Waals surface area contributed by atoms with Crippen LogP contribution in [0.1, 0.15) is 23.1 Å². The summed E-state index contributed by atoms with van der Waals surface area (Å²) < 4.78 is 0. The molecule has 0 spiro atoms. The first-order valence-electron chi connectivity index (χ1n) is 11.0. The Morgan fingerprint density at radius 3 is 2.43 bits per heavy atom. The van der Waals surface area contributed by atoms with Gasteiger partial charge in [0.25, 0.3) is 5.69 Å². The van der Waals surface area contributed by atoms with E-state index in [0.29, 0.717) is 5.71 Å². The minimum atomic E-state index is -0.662. The molecule has 8 heteroatoms. The highest BCUT2D eigenvalue weighted by molar-refractivity contribution is 6.17. The smallest absolute Gasteiger partial charge is 0.271 e. The van der Waals surface area contributed by atoms with Crippen molar-refractivity contribution in [2.75, 3.05) is 5.43 Å². The fourth-order valence-electron chi connectivity index (χ4n) is 4.36. The minimum absolute atomic E-state index is 0.0839. The summed E-state index contributed by atoms with van der Waals surface area (Å²) in [5.74, 6) is 0. The topological polar surface area (TPSA) is 111 Å². The summed E-state index contributed by atoms with van der Waals surface area (Å²) in [5, 5.41) is 29.5. The quantitative estimate of drug-likeness (QED) is 0.268. The van der Waals surface area contributed by atoms with E-state index in [4.69, 9.17) is 0 Å². The van der Waals surface area contributed by atoms with Gasteiger partial charge in [0, 0.05) is 11.6 Å². The van der Waals surface area contributed by atoms with Gasteiger partial charge in [-0.1, -0.05) is 66.7 Å². The molecule has 0 amide bonds. The predicted molar refractivity (Wildman–Crippen MR) is 137 cm³/mol. The number of non-ortho nitro benzene ring substituents is 1. The molecular formula is C27H20N4O4. The third-order valence-corrected chi connectivity index (χ3v) is 6.07. The van der Waals surface area contributed by atoms with Crippen LogP contribution in [0.5, 0.6) is 0 Å². The Morgan fingerprint density at radius 1 is 0.829 bits per heavy atom. The minimum Gasteiger partial charge on any atom is -0.271 e. The number of nitro benzene ring substituents is 2.